The van der Waals surface area contributed by atoms with Gasteiger partial charge in [-0.25, -0.2) is 9.52 Å². The highest BCUT2D eigenvalue weighted by Gasteiger charge is 2.26. The number of anilines is 2. The SMILES string of the molecule is CC(C)c1cc(Cl)cc(C(C)C)c1NC(=O)NS(=O)(=O)c1nnccc1N(C)C. The minimum Gasteiger partial charge on any atom is -0.375 e. The summed E-state index contributed by atoms with van der Waals surface area (Å²) >= 11 is 6.24. The topological polar surface area (TPSA) is 104 Å². The number of sulfonamides is 1. The standard InChI is InChI=1S/C19H26ClN5O3S/c1-11(2)14-9-13(20)10-15(12(3)4)17(14)22-19(26)24-29(27,28)18-16(25(5)6)7-8-21-23-18/h7-12H,1-6H3,(H2,22,24,26). The van der Waals surface area contributed by atoms with Gasteiger partial charge in [-0.05, 0) is 41.2 Å². The number of aromatic nitrogens is 2. The van der Waals surface area contributed by atoms with E-state index in [0.717, 1.165) is 11.1 Å². The Morgan fingerprint density at radius 1 is 1.10 bits per heavy atom. The summed E-state index contributed by atoms with van der Waals surface area (Å²) in [4.78, 5) is 14.2. The third-order valence-corrected chi connectivity index (χ3v) is 5.75. The Hall–Kier alpha value is -2.39. The van der Waals surface area contributed by atoms with Gasteiger partial charge in [-0.2, -0.15) is 13.5 Å². The number of carbonyl (C=O) groups excluding carboxylic acids is 1. The minimum absolute atomic E-state index is 0.0680. The zero-order valence-corrected chi connectivity index (χ0v) is 18.9. The maximum Gasteiger partial charge on any atom is 0.333 e. The number of rotatable bonds is 6. The Kier molecular flexibility index (Phi) is 7.07. The third kappa shape index (κ3) is 5.36. The van der Waals surface area contributed by atoms with Gasteiger partial charge in [0.2, 0.25) is 5.03 Å². The van der Waals surface area contributed by atoms with Gasteiger partial charge in [-0.1, -0.05) is 39.3 Å². The van der Waals surface area contributed by atoms with Crippen molar-refractivity contribution in [1.82, 2.24) is 14.9 Å². The number of amides is 2. The zero-order valence-electron chi connectivity index (χ0n) is 17.3. The van der Waals surface area contributed by atoms with Crippen molar-refractivity contribution in [3.8, 4) is 0 Å². The Bertz CT molecular complexity index is 978. The number of nitrogens with zero attached hydrogens (tertiary/aromatic N) is 3. The molecule has 0 fully saturated rings. The highest BCUT2D eigenvalue weighted by atomic mass is 35.5. The van der Waals surface area contributed by atoms with Gasteiger partial charge in [0.1, 0.15) is 0 Å². The van der Waals surface area contributed by atoms with Crippen LogP contribution in [0.4, 0.5) is 16.2 Å². The summed E-state index contributed by atoms with van der Waals surface area (Å²) < 4.78 is 27.5. The van der Waals surface area contributed by atoms with E-state index in [0.29, 0.717) is 16.4 Å². The average molecular weight is 440 g/mol. The highest BCUT2D eigenvalue weighted by Crippen LogP contribution is 2.35. The number of halogens is 1. The van der Waals surface area contributed by atoms with E-state index in [1.54, 1.807) is 31.1 Å². The van der Waals surface area contributed by atoms with Gasteiger partial charge in [0.15, 0.2) is 0 Å². The fourth-order valence-electron chi connectivity index (χ4n) is 2.86. The number of urea groups is 1. The quantitative estimate of drug-likeness (QED) is 0.706. The normalized spacial score (nSPS) is 11.6. The molecule has 0 aliphatic carbocycles. The van der Waals surface area contributed by atoms with Crippen molar-refractivity contribution < 1.29 is 13.2 Å². The van der Waals surface area contributed by atoms with Gasteiger partial charge in [0.25, 0.3) is 10.0 Å². The van der Waals surface area contributed by atoms with Gasteiger partial charge >= 0.3 is 6.03 Å². The first-order valence-electron chi connectivity index (χ1n) is 9.10. The fraction of sp³-hybridized carbons (Fsp3) is 0.421. The molecule has 0 bridgehead atoms. The van der Waals surface area contributed by atoms with Crippen molar-refractivity contribution in [2.75, 3.05) is 24.3 Å². The molecule has 29 heavy (non-hydrogen) atoms. The van der Waals surface area contributed by atoms with E-state index in [-0.39, 0.29) is 16.9 Å². The number of hydrogen-bond donors (Lipinski definition) is 2. The minimum atomic E-state index is -4.23. The van der Waals surface area contributed by atoms with Crippen LogP contribution in [0.3, 0.4) is 0 Å². The van der Waals surface area contributed by atoms with Crippen LogP contribution in [-0.2, 0) is 10.0 Å². The second kappa shape index (κ2) is 8.96. The first-order valence-corrected chi connectivity index (χ1v) is 11.0. The van der Waals surface area contributed by atoms with Gasteiger partial charge < -0.3 is 10.2 Å². The molecule has 0 unspecified atom stereocenters. The summed E-state index contributed by atoms with van der Waals surface area (Å²) in [6.45, 7) is 7.88. The Balaban J connectivity index is 2.39. The molecule has 2 rings (SSSR count). The molecule has 0 spiro atoms. The van der Waals surface area contributed by atoms with Crippen LogP contribution in [0, 0.1) is 0 Å². The first-order chi connectivity index (χ1) is 13.4. The largest absolute Gasteiger partial charge is 0.375 e. The van der Waals surface area contributed by atoms with Gasteiger partial charge in [0, 0.05) is 24.8 Å². The number of hydrogen-bond acceptors (Lipinski definition) is 6. The molecule has 0 saturated carbocycles. The summed E-state index contributed by atoms with van der Waals surface area (Å²) in [5.74, 6) is 0.136. The van der Waals surface area contributed by atoms with Gasteiger partial charge in [-0.3, -0.25) is 0 Å². The molecule has 0 aliphatic rings. The second-order valence-corrected chi connectivity index (χ2v) is 9.48. The fourth-order valence-corrected chi connectivity index (χ4v) is 4.17. The van der Waals surface area contributed by atoms with E-state index in [9.17, 15) is 13.2 Å². The number of nitrogens with one attached hydrogen (secondary N) is 2. The van der Waals surface area contributed by atoms with Crippen LogP contribution in [0.15, 0.2) is 29.4 Å². The molecule has 0 saturated heterocycles. The van der Waals surface area contributed by atoms with Crippen molar-refractivity contribution in [1.29, 1.82) is 0 Å². The Morgan fingerprint density at radius 2 is 1.66 bits per heavy atom. The molecule has 158 valence electrons. The Labute approximate surface area is 176 Å². The molecule has 8 nitrogen and oxygen atoms in total. The smallest absolute Gasteiger partial charge is 0.333 e. The molecule has 1 heterocycles. The van der Waals surface area contributed by atoms with E-state index in [4.69, 9.17) is 11.6 Å². The van der Waals surface area contributed by atoms with Crippen LogP contribution in [0.25, 0.3) is 0 Å². The molecule has 1 aromatic heterocycles. The lowest BCUT2D eigenvalue weighted by molar-refractivity contribution is 0.256. The van der Waals surface area contributed by atoms with E-state index >= 15 is 0 Å². The van der Waals surface area contributed by atoms with E-state index < -0.39 is 16.1 Å². The lowest BCUT2D eigenvalue weighted by Crippen LogP contribution is -2.36. The summed E-state index contributed by atoms with van der Waals surface area (Å²) in [5.41, 5.74) is 2.51. The summed E-state index contributed by atoms with van der Waals surface area (Å²) in [5, 5.41) is 10.2. The molecular weight excluding hydrogens is 414 g/mol. The lowest BCUT2D eigenvalue weighted by atomic mass is 9.92. The molecule has 0 radical (unpaired) electrons. The number of carbonyl (C=O) groups is 1. The van der Waals surface area contributed by atoms with Gasteiger partial charge in [0.05, 0.1) is 11.9 Å². The second-order valence-electron chi connectivity index (χ2n) is 7.44. The Morgan fingerprint density at radius 3 is 2.14 bits per heavy atom. The van der Waals surface area contributed by atoms with E-state index in [2.05, 4.69) is 15.5 Å². The van der Waals surface area contributed by atoms with Crippen molar-refractivity contribution in [3.05, 3.63) is 40.5 Å². The maximum absolute atomic E-state index is 12.7. The van der Waals surface area contributed by atoms with Crippen molar-refractivity contribution in [2.45, 2.75) is 44.6 Å². The zero-order chi connectivity index (χ0) is 21.9. The molecule has 2 amide bonds. The summed E-state index contributed by atoms with van der Waals surface area (Å²) in [6, 6.07) is 4.17. The maximum atomic E-state index is 12.7. The molecule has 0 aliphatic heterocycles. The van der Waals surface area contributed by atoms with Crippen LogP contribution < -0.4 is 14.9 Å². The first kappa shape index (κ1) is 22.9. The molecule has 2 aromatic rings. The summed E-state index contributed by atoms with van der Waals surface area (Å²) in [6.07, 6.45) is 1.38. The van der Waals surface area contributed by atoms with Crippen LogP contribution >= 0.6 is 11.6 Å². The van der Waals surface area contributed by atoms with Crippen molar-refractivity contribution in [2.24, 2.45) is 0 Å². The van der Waals surface area contributed by atoms with E-state index in [1.165, 1.54) is 12.3 Å². The third-order valence-electron chi connectivity index (χ3n) is 4.28. The van der Waals surface area contributed by atoms with Crippen LogP contribution in [0.5, 0.6) is 0 Å². The van der Waals surface area contributed by atoms with Crippen molar-refractivity contribution >= 4 is 39.0 Å². The lowest BCUT2D eigenvalue weighted by Gasteiger charge is -2.21. The molecular formula is C19H26ClN5O3S. The average Bonchev–Trinajstić information content (AvgIpc) is 2.61. The van der Waals surface area contributed by atoms with Gasteiger partial charge in [-0.15, -0.1) is 5.10 Å². The molecule has 1 aromatic carbocycles. The molecule has 10 heteroatoms. The van der Waals surface area contributed by atoms with Crippen LogP contribution in [0.2, 0.25) is 5.02 Å². The highest BCUT2D eigenvalue weighted by molar-refractivity contribution is 7.90. The summed E-state index contributed by atoms with van der Waals surface area (Å²) in [7, 11) is -0.885. The molecule has 2 N–H and O–H groups in total. The predicted octanol–water partition coefficient (Wildman–Crippen LogP) is 3.95. The van der Waals surface area contributed by atoms with E-state index in [1.807, 2.05) is 32.4 Å². The number of benzene rings is 1. The van der Waals surface area contributed by atoms with Crippen LogP contribution in [-0.4, -0.2) is 38.7 Å². The van der Waals surface area contributed by atoms with Crippen LogP contribution in [0.1, 0.15) is 50.7 Å². The molecule has 0 atom stereocenters. The predicted molar refractivity (Wildman–Crippen MR) is 115 cm³/mol. The van der Waals surface area contributed by atoms with Crippen molar-refractivity contribution in [3.63, 3.8) is 0 Å². The monoisotopic (exact) mass is 439 g/mol.